The van der Waals surface area contributed by atoms with Gasteiger partial charge in [-0.25, -0.2) is 4.98 Å². The Morgan fingerprint density at radius 1 is 0.373 bits per heavy atom. The van der Waals surface area contributed by atoms with Gasteiger partial charge in [0.25, 0.3) is 0 Å². The van der Waals surface area contributed by atoms with E-state index in [2.05, 4.69) is 218 Å². The van der Waals surface area contributed by atoms with Gasteiger partial charge in [0.15, 0.2) is 0 Å². The number of hydrogen-bond donors (Lipinski definition) is 0. The summed E-state index contributed by atoms with van der Waals surface area (Å²) >= 11 is 0. The summed E-state index contributed by atoms with van der Waals surface area (Å²) < 4.78 is 7.14. The molecule has 10 aromatic rings. The lowest BCUT2D eigenvalue weighted by molar-refractivity contribution is 0.442. The van der Waals surface area contributed by atoms with Crippen LogP contribution in [-0.2, 0) is 5.41 Å². The number of ether oxygens (including phenoxy) is 1. The van der Waals surface area contributed by atoms with Crippen LogP contribution >= 0.6 is 7.92 Å². The highest BCUT2D eigenvalue weighted by Gasteiger charge is 2.51. The molecule has 1 aliphatic heterocycles. The average Bonchev–Trinajstić information content (AvgIpc) is 3.60. The second-order valence-electron chi connectivity index (χ2n) is 15.4. The van der Waals surface area contributed by atoms with Crippen LogP contribution in [0, 0.1) is 0 Å². The van der Waals surface area contributed by atoms with Crippen molar-refractivity contribution in [2.75, 3.05) is 0 Å². The second kappa shape index (κ2) is 13.5. The summed E-state index contributed by atoms with van der Waals surface area (Å²) in [6.45, 7) is 0. The zero-order valence-electron chi connectivity index (χ0n) is 32.1. The van der Waals surface area contributed by atoms with E-state index >= 15 is 0 Å². The molecule has 2 heterocycles. The maximum Gasteiger partial charge on any atom is 0.140 e. The van der Waals surface area contributed by atoms with Gasteiger partial charge in [-0.05, 0) is 69.3 Å². The molecule has 12 rings (SSSR count). The smallest absolute Gasteiger partial charge is 0.140 e. The second-order valence-corrected chi connectivity index (χ2v) is 17.6. The molecule has 0 radical (unpaired) electrons. The first-order chi connectivity index (χ1) is 29.3. The molecule has 0 unspecified atom stereocenters. The van der Waals surface area contributed by atoms with Crippen molar-refractivity contribution in [1.82, 2.24) is 4.98 Å². The third-order valence-electron chi connectivity index (χ3n) is 12.3. The zero-order valence-corrected chi connectivity index (χ0v) is 33.0. The molecule has 59 heavy (non-hydrogen) atoms. The van der Waals surface area contributed by atoms with Crippen molar-refractivity contribution in [3.8, 4) is 45.0 Å². The van der Waals surface area contributed by atoms with Gasteiger partial charge in [0, 0.05) is 32.8 Å². The number of rotatable bonds is 5. The first kappa shape index (κ1) is 34.0. The minimum Gasteiger partial charge on any atom is -0.456 e. The van der Waals surface area contributed by atoms with Gasteiger partial charge in [-0.2, -0.15) is 0 Å². The maximum atomic E-state index is 7.14. The lowest BCUT2D eigenvalue weighted by Gasteiger charge is -2.40. The Morgan fingerprint density at radius 2 is 0.881 bits per heavy atom. The molecule has 0 N–H and O–H groups in total. The van der Waals surface area contributed by atoms with E-state index < -0.39 is 13.3 Å². The molecule has 0 fully saturated rings. The quantitative estimate of drug-likeness (QED) is 0.128. The standard InChI is InChI=1S/C56H36NOP/c1-3-15-40(16-4-1)59(41-17-5-2-6-18-41)42-33-31-38(32-34-42)37-27-29-39(30-28-37)54-46-35-36-50-55(53(46)45-21-9-13-25-51(45)57-54)58-52-26-14-12-24-49(52)56(50)47-22-10-7-19-43(47)44-20-8-11-23-48(44)56/h1-36H. The van der Waals surface area contributed by atoms with Crippen LogP contribution in [0.15, 0.2) is 218 Å². The monoisotopic (exact) mass is 769 g/mol. The van der Waals surface area contributed by atoms with Gasteiger partial charge >= 0.3 is 0 Å². The highest BCUT2D eigenvalue weighted by Crippen LogP contribution is 2.63. The predicted molar refractivity (Wildman–Crippen MR) is 246 cm³/mol. The fraction of sp³-hybridized carbons (Fsp3) is 0.0179. The van der Waals surface area contributed by atoms with Crippen molar-refractivity contribution >= 4 is 45.5 Å². The highest BCUT2D eigenvalue weighted by atomic mass is 31.1. The van der Waals surface area contributed by atoms with Crippen molar-refractivity contribution in [1.29, 1.82) is 0 Å². The van der Waals surface area contributed by atoms with Crippen LogP contribution in [0.1, 0.15) is 22.3 Å². The van der Waals surface area contributed by atoms with E-state index in [0.717, 1.165) is 50.0 Å². The van der Waals surface area contributed by atoms with Crippen LogP contribution in [0.2, 0.25) is 0 Å². The summed E-state index contributed by atoms with van der Waals surface area (Å²) in [6, 6.07) is 79.3. The molecule has 0 atom stereocenters. The minimum atomic E-state index is -0.662. The number of hydrogen-bond acceptors (Lipinski definition) is 2. The molecule has 276 valence electrons. The first-order valence-electron chi connectivity index (χ1n) is 20.2. The molecule has 0 saturated carbocycles. The molecule has 2 aliphatic rings. The first-order valence-corrected chi connectivity index (χ1v) is 21.6. The molecule has 1 aliphatic carbocycles. The Labute approximate surface area is 344 Å². The van der Waals surface area contributed by atoms with Crippen LogP contribution in [0.4, 0.5) is 0 Å². The van der Waals surface area contributed by atoms with Gasteiger partial charge in [0.2, 0.25) is 0 Å². The lowest BCUT2D eigenvalue weighted by atomic mass is 9.65. The van der Waals surface area contributed by atoms with E-state index in [0.29, 0.717) is 0 Å². The van der Waals surface area contributed by atoms with E-state index in [1.54, 1.807) is 0 Å². The van der Waals surface area contributed by atoms with Crippen molar-refractivity contribution in [2.24, 2.45) is 0 Å². The Bertz CT molecular complexity index is 3150. The van der Waals surface area contributed by atoms with Crippen molar-refractivity contribution in [2.45, 2.75) is 5.41 Å². The van der Waals surface area contributed by atoms with E-state index in [-0.39, 0.29) is 0 Å². The molecule has 1 spiro atoms. The summed E-state index contributed by atoms with van der Waals surface area (Å²) in [4.78, 5) is 5.37. The van der Waals surface area contributed by atoms with Gasteiger partial charge < -0.3 is 4.74 Å². The summed E-state index contributed by atoms with van der Waals surface area (Å²) in [5.41, 5.74) is 12.2. The predicted octanol–water partition coefficient (Wildman–Crippen LogP) is 12.9. The van der Waals surface area contributed by atoms with Crippen LogP contribution in [0.5, 0.6) is 11.5 Å². The Balaban J connectivity index is 0.997. The third-order valence-corrected chi connectivity index (χ3v) is 14.8. The van der Waals surface area contributed by atoms with E-state index in [1.807, 2.05) is 0 Å². The summed E-state index contributed by atoms with van der Waals surface area (Å²) in [5.74, 6) is 1.78. The lowest BCUT2D eigenvalue weighted by Crippen LogP contribution is -2.32. The van der Waals surface area contributed by atoms with Gasteiger partial charge in [-0.15, -0.1) is 0 Å². The van der Waals surface area contributed by atoms with E-state index in [4.69, 9.17) is 9.72 Å². The number of aromatic nitrogens is 1. The number of pyridine rings is 1. The molecule has 9 aromatic carbocycles. The highest BCUT2D eigenvalue weighted by molar-refractivity contribution is 7.79. The summed E-state index contributed by atoms with van der Waals surface area (Å²) in [7, 11) is -0.662. The molecule has 0 saturated heterocycles. The van der Waals surface area contributed by atoms with Crippen LogP contribution in [-0.4, -0.2) is 4.98 Å². The fourth-order valence-corrected chi connectivity index (χ4v) is 12.1. The molecule has 0 amide bonds. The van der Waals surface area contributed by atoms with E-state index in [9.17, 15) is 0 Å². The molecule has 0 bridgehead atoms. The van der Waals surface area contributed by atoms with Gasteiger partial charge in [0.05, 0.1) is 16.6 Å². The van der Waals surface area contributed by atoms with Crippen LogP contribution < -0.4 is 20.7 Å². The molecule has 2 nitrogen and oxygen atoms in total. The molecular weight excluding hydrogens is 734 g/mol. The van der Waals surface area contributed by atoms with Crippen molar-refractivity contribution in [3.63, 3.8) is 0 Å². The van der Waals surface area contributed by atoms with Gasteiger partial charge in [-0.1, -0.05) is 206 Å². The van der Waals surface area contributed by atoms with Crippen molar-refractivity contribution < 1.29 is 4.74 Å². The number of benzene rings is 9. The van der Waals surface area contributed by atoms with Crippen LogP contribution in [0.25, 0.3) is 55.2 Å². The summed E-state index contributed by atoms with van der Waals surface area (Å²) in [6.07, 6.45) is 0. The number of nitrogens with zero attached hydrogens (tertiary/aromatic N) is 1. The zero-order chi connectivity index (χ0) is 38.9. The third kappa shape index (κ3) is 5.13. The SMILES string of the molecule is c1ccc(P(c2ccccc2)c2ccc(-c3ccc(-c4nc5ccccc5c5c6c(ccc45)C4(c5ccccc5O6)c5ccccc5-c5ccccc54)cc3)cc2)cc1. The fourth-order valence-electron chi connectivity index (χ4n) is 9.79. The Morgan fingerprint density at radius 3 is 1.54 bits per heavy atom. The topological polar surface area (TPSA) is 22.1 Å². The Hall–Kier alpha value is -7.12. The molecular formula is C56H36NOP. The van der Waals surface area contributed by atoms with Gasteiger partial charge in [0.1, 0.15) is 11.5 Å². The van der Waals surface area contributed by atoms with Gasteiger partial charge in [-0.3, -0.25) is 0 Å². The minimum absolute atomic E-state index is 0.531. The molecule has 1 aromatic heterocycles. The van der Waals surface area contributed by atoms with E-state index in [1.165, 1.54) is 54.9 Å². The largest absolute Gasteiger partial charge is 0.456 e. The number of fused-ring (bicyclic) bond motifs is 13. The maximum absolute atomic E-state index is 7.14. The van der Waals surface area contributed by atoms with Crippen LogP contribution in [0.3, 0.4) is 0 Å². The number of para-hydroxylation sites is 2. The van der Waals surface area contributed by atoms with Crippen molar-refractivity contribution in [3.05, 3.63) is 241 Å². The molecule has 3 heteroatoms. The Kier molecular flexibility index (Phi) is 7.77. The average molecular weight is 770 g/mol. The summed E-state index contributed by atoms with van der Waals surface area (Å²) in [5, 5.41) is 7.29. The normalized spacial score (nSPS) is 13.2.